The summed E-state index contributed by atoms with van der Waals surface area (Å²) < 4.78 is 26.5. The summed E-state index contributed by atoms with van der Waals surface area (Å²) in [5, 5.41) is 6.03. The minimum atomic E-state index is -3.83. The van der Waals surface area contributed by atoms with E-state index < -0.39 is 10.0 Å². The Morgan fingerprint density at radius 3 is 2.62 bits per heavy atom. The van der Waals surface area contributed by atoms with E-state index in [9.17, 15) is 13.2 Å². The molecule has 0 bridgehead atoms. The molecule has 0 aliphatic heterocycles. The average Bonchev–Trinajstić information content (AvgIpc) is 2.95. The van der Waals surface area contributed by atoms with Crippen LogP contribution in [0.2, 0.25) is 5.02 Å². The first-order chi connectivity index (χ1) is 9.81. The molecule has 2 rings (SSSR count). The Hall–Kier alpha value is -2.06. The number of H-pyrrole nitrogens is 1. The van der Waals surface area contributed by atoms with Gasteiger partial charge in [0.25, 0.3) is 15.9 Å². The number of hydrogen-bond acceptors (Lipinski definition) is 4. The predicted octanol–water partition coefficient (Wildman–Crippen LogP) is 1.57. The van der Waals surface area contributed by atoms with E-state index in [1.807, 2.05) is 0 Å². The van der Waals surface area contributed by atoms with E-state index in [4.69, 9.17) is 11.6 Å². The monoisotopic (exact) mass is 328 g/mol. The number of sulfonamides is 1. The van der Waals surface area contributed by atoms with Gasteiger partial charge >= 0.3 is 0 Å². The second kappa shape index (κ2) is 5.74. The predicted molar refractivity (Wildman–Crippen MR) is 78.9 cm³/mol. The largest absolute Gasteiger partial charge is 0.345 e. The van der Waals surface area contributed by atoms with Gasteiger partial charge in [-0.2, -0.15) is 13.5 Å². The molecule has 9 heteroatoms. The molecular formula is C12H13ClN4O3S. The second-order valence-electron chi connectivity index (χ2n) is 4.42. The van der Waals surface area contributed by atoms with Crippen LogP contribution in [0.25, 0.3) is 0 Å². The fraction of sp³-hybridized carbons (Fsp3) is 0.167. The molecule has 21 heavy (non-hydrogen) atoms. The van der Waals surface area contributed by atoms with Gasteiger partial charge in [-0.15, -0.1) is 0 Å². The first-order valence-corrected chi connectivity index (χ1v) is 7.71. The van der Waals surface area contributed by atoms with Crippen molar-refractivity contribution in [2.45, 2.75) is 5.03 Å². The number of aromatic nitrogens is 2. The number of anilines is 1. The molecule has 2 N–H and O–H groups in total. The van der Waals surface area contributed by atoms with Gasteiger partial charge in [-0.1, -0.05) is 11.6 Å². The van der Waals surface area contributed by atoms with Crippen molar-refractivity contribution in [3.8, 4) is 0 Å². The molecule has 1 aromatic carbocycles. The van der Waals surface area contributed by atoms with Crippen LogP contribution in [0.4, 0.5) is 5.69 Å². The highest BCUT2D eigenvalue weighted by molar-refractivity contribution is 7.92. The molecule has 112 valence electrons. The van der Waals surface area contributed by atoms with Crippen molar-refractivity contribution in [2.75, 3.05) is 18.8 Å². The first kappa shape index (κ1) is 15.3. The van der Waals surface area contributed by atoms with Gasteiger partial charge in [0, 0.05) is 19.7 Å². The molecule has 1 amide bonds. The zero-order valence-electron chi connectivity index (χ0n) is 11.3. The smallest absolute Gasteiger partial charge is 0.278 e. The normalized spacial score (nSPS) is 11.2. The summed E-state index contributed by atoms with van der Waals surface area (Å²) in [4.78, 5) is 13.3. The molecule has 0 saturated heterocycles. The van der Waals surface area contributed by atoms with Crippen molar-refractivity contribution in [2.24, 2.45) is 0 Å². The Balaban J connectivity index is 2.36. The Kier molecular flexibility index (Phi) is 4.19. The zero-order chi connectivity index (χ0) is 15.6. The third-order valence-electron chi connectivity index (χ3n) is 2.63. The topological polar surface area (TPSA) is 95.2 Å². The lowest BCUT2D eigenvalue weighted by Crippen LogP contribution is -2.22. The summed E-state index contributed by atoms with van der Waals surface area (Å²) in [5.74, 6) is -0.256. The van der Waals surface area contributed by atoms with Crippen molar-refractivity contribution < 1.29 is 13.2 Å². The summed E-state index contributed by atoms with van der Waals surface area (Å²) >= 11 is 5.97. The summed E-state index contributed by atoms with van der Waals surface area (Å²) in [6.07, 6.45) is 1.32. The molecule has 1 aromatic heterocycles. The molecule has 0 unspecified atom stereocenters. The minimum Gasteiger partial charge on any atom is -0.345 e. The fourth-order valence-electron chi connectivity index (χ4n) is 1.59. The van der Waals surface area contributed by atoms with Crippen molar-refractivity contribution in [3.05, 3.63) is 41.0 Å². The standard InChI is InChI=1S/C12H13ClN4O3S/c1-17(2)12(18)8-3-4-9(13)10(7-8)16-21(19,20)11-5-6-14-15-11/h3-7,16H,1-2H3,(H,14,15). The molecule has 2 aromatic rings. The number of nitrogens with zero attached hydrogens (tertiary/aromatic N) is 2. The number of carbonyl (C=O) groups is 1. The highest BCUT2D eigenvalue weighted by atomic mass is 35.5. The maximum absolute atomic E-state index is 12.1. The molecule has 0 fully saturated rings. The Bertz CT molecular complexity index is 757. The van der Waals surface area contributed by atoms with Crippen LogP contribution in [-0.4, -0.2) is 43.5 Å². The Labute approximate surface area is 127 Å². The maximum Gasteiger partial charge on any atom is 0.278 e. The number of carbonyl (C=O) groups excluding carboxylic acids is 1. The number of aromatic amines is 1. The van der Waals surface area contributed by atoms with Crippen LogP contribution in [0.15, 0.2) is 35.5 Å². The van der Waals surface area contributed by atoms with Crippen molar-refractivity contribution in [1.29, 1.82) is 0 Å². The van der Waals surface area contributed by atoms with Crippen LogP contribution in [0.3, 0.4) is 0 Å². The number of rotatable bonds is 4. The quantitative estimate of drug-likeness (QED) is 0.890. The molecule has 0 saturated carbocycles. The summed E-state index contributed by atoms with van der Waals surface area (Å²) in [5.41, 5.74) is 0.450. The van der Waals surface area contributed by atoms with Gasteiger partial charge in [0.05, 0.1) is 16.9 Å². The van der Waals surface area contributed by atoms with Crippen LogP contribution in [0.1, 0.15) is 10.4 Å². The molecule has 0 radical (unpaired) electrons. The van der Waals surface area contributed by atoms with Crippen molar-refractivity contribution in [1.82, 2.24) is 15.1 Å². The van der Waals surface area contributed by atoms with Gasteiger partial charge in [-0.25, -0.2) is 0 Å². The van der Waals surface area contributed by atoms with Crippen LogP contribution >= 0.6 is 11.6 Å². The molecular weight excluding hydrogens is 316 g/mol. The van der Waals surface area contributed by atoms with E-state index in [2.05, 4.69) is 14.9 Å². The van der Waals surface area contributed by atoms with Crippen molar-refractivity contribution in [3.63, 3.8) is 0 Å². The third kappa shape index (κ3) is 3.34. The highest BCUT2D eigenvalue weighted by Crippen LogP contribution is 2.25. The van der Waals surface area contributed by atoms with Crippen LogP contribution in [0.5, 0.6) is 0 Å². The van der Waals surface area contributed by atoms with Crippen LogP contribution in [0, 0.1) is 0 Å². The zero-order valence-corrected chi connectivity index (χ0v) is 12.9. The number of halogens is 1. The lowest BCUT2D eigenvalue weighted by molar-refractivity contribution is 0.0827. The highest BCUT2D eigenvalue weighted by Gasteiger charge is 2.18. The van der Waals surface area contributed by atoms with E-state index in [0.29, 0.717) is 5.56 Å². The van der Waals surface area contributed by atoms with Gasteiger partial charge in [0.2, 0.25) is 0 Å². The average molecular weight is 329 g/mol. The molecule has 7 nitrogen and oxygen atoms in total. The lowest BCUT2D eigenvalue weighted by atomic mass is 10.2. The Morgan fingerprint density at radius 2 is 2.05 bits per heavy atom. The van der Waals surface area contributed by atoms with Gasteiger partial charge < -0.3 is 4.90 Å². The van der Waals surface area contributed by atoms with E-state index in [1.54, 1.807) is 14.1 Å². The summed E-state index contributed by atoms with van der Waals surface area (Å²) in [6.45, 7) is 0. The van der Waals surface area contributed by atoms with Crippen molar-refractivity contribution >= 4 is 33.2 Å². The van der Waals surface area contributed by atoms with Gasteiger partial charge in [0.1, 0.15) is 0 Å². The Morgan fingerprint density at radius 1 is 1.33 bits per heavy atom. The van der Waals surface area contributed by atoms with Gasteiger partial charge in [0.15, 0.2) is 5.03 Å². The fourth-order valence-corrected chi connectivity index (χ4v) is 2.79. The molecule has 0 aliphatic rings. The number of amides is 1. The third-order valence-corrected chi connectivity index (χ3v) is 4.25. The van der Waals surface area contributed by atoms with E-state index in [1.165, 1.54) is 35.4 Å². The molecule has 0 aliphatic carbocycles. The van der Waals surface area contributed by atoms with Crippen LogP contribution < -0.4 is 4.72 Å². The van der Waals surface area contributed by atoms with E-state index >= 15 is 0 Å². The van der Waals surface area contributed by atoms with E-state index in [0.717, 1.165) is 0 Å². The lowest BCUT2D eigenvalue weighted by Gasteiger charge is -2.13. The molecule has 0 atom stereocenters. The number of nitrogens with one attached hydrogen (secondary N) is 2. The number of benzene rings is 1. The first-order valence-electron chi connectivity index (χ1n) is 5.84. The summed E-state index contributed by atoms with van der Waals surface area (Å²) in [6, 6.07) is 5.69. The summed E-state index contributed by atoms with van der Waals surface area (Å²) in [7, 11) is -0.627. The maximum atomic E-state index is 12.1. The molecule has 1 heterocycles. The second-order valence-corrected chi connectivity index (χ2v) is 6.48. The van der Waals surface area contributed by atoms with E-state index in [-0.39, 0.29) is 21.6 Å². The van der Waals surface area contributed by atoms with Gasteiger partial charge in [-0.05, 0) is 24.3 Å². The minimum absolute atomic E-state index is 0.0945. The number of hydrogen-bond donors (Lipinski definition) is 2. The SMILES string of the molecule is CN(C)C(=O)c1ccc(Cl)c(NS(=O)(=O)c2ccn[nH]2)c1. The van der Waals surface area contributed by atoms with Crippen LogP contribution in [-0.2, 0) is 10.0 Å². The van der Waals surface area contributed by atoms with Gasteiger partial charge in [-0.3, -0.25) is 14.6 Å². The molecule has 0 spiro atoms.